The van der Waals surface area contributed by atoms with Gasteiger partial charge in [-0.25, -0.2) is 14.8 Å². The van der Waals surface area contributed by atoms with E-state index in [-0.39, 0.29) is 6.09 Å². The van der Waals surface area contributed by atoms with E-state index in [1.807, 2.05) is 6.92 Å². The average molecular weight is 320 g/mol. The molecule has 22 heavy (non-hydrogen) atoms. The fourth-order valence-corrected chi connectivity index (χ4v) is 3.71. The Morgan fingerprint density at radius 3 is 2.68 bits per heavy atom. The third-order valence-electron chi connectivity index (χ3n) is 4.05. The minimum atomic E-state index is -0.224. The number of carbonyl (C=O) groups excluding carboxylic acids is 1. The lowest BCUT2D eigenvalue weighted by atomic mass is 10.2. The van der Waals surface area contributed by atoms with E-state index in [4.69, 9.17) is 4.74 Å². The summed E-state index contributed by atoms with van der Waals surface area (Å²) in [7, 11) is 0. The lowest BCUT2D eigenvalue weighted by Gasteiger charge is -2.35. The first-order valence-corrected chi connectivity index (χ1v) is 8.30. The van der Waals surface area contributed by atoms with Gasteiger partial charge in [0.05, 0.1) is 12.0 Å². The summed E-state index contributed by atoms with van der Waals surface area (Å²) >= 11 is 1.71. The van der Waals surface area contributed by atoms with Crippen LogP contribution in [0.2, 0.25) is 0 Å². The van der Waals surface area contributed by atoms with Gasteiger partial charge in [-0.05, 0) is 26.3 Å². The van der Waals surface area contributed by atoms with Crippen molar-refractivity contribution in [2.75, 3.05) is 37.7 Å². The number of rotatable bonds is 2. The van der Waals surface area contributed by atoms with Crippen LogP contribution in [0.15, 0.2) is 6.33 Å². The molecule has 3 rings (SSSR count). The van der Waals surface area contributed by atoms with Gasteiger partial charge in [0.25, 0.3) is 0 Å². The normalized spacial score (nSPS) is 15.4. The number of ether oxygens (including phenoxy) is 1. The molecular weight excluding hydrogens is 300 g/mol. The predicted molar refractivity (Wildman–Crippen MR) is 87.7 cm³/mol. The molecule has 1 amide bonds. The second-order valence-electron chi connectivity index (χ2n) is 5.33. The van der Waals surface area contributed by atoms with E-state index in [1.165, 1.54) is 10.4 Å². The van der Waals surface area contributed by atoms with E-state index in [1.54, 1.807) is 22.6 Å². The monoisotopic (exact) mass is 320 g/mol. The molecule has 2 aromatic rings. The smallest absolute Gasteiger partial charge is 0.409 e. The number of piperazine rings is 1. The Bertz CT molecular complexity index is 692. The molecule has 0 aromatic carbocycles. The van der Waals surface area contributed by atoms with Crippen LogP contribution in [0.3, 0.4) is 0 Å². The van der Waals surface area contributed by atoms with Crippen LogP contribution in [0.4, 0.5) is 10.6 Å². The van der Waals surface area contributed by atoms with E-state index in [0.29, 0.717) is 19.7 Å². The molecule has 6 nitrogen and oxygen atoms in total. The van der Waals surface area contributed by atoms with Crippen LogP contribution in [0.1, 0.15) is 17.4 Å². The molecule has 0 N–H and O–H groups in total. The van der Waals surface area contributed by atoms with E-state index in [9.17, 15) is 4.79 Å². The number of hydrogen-bond donors (Lipinski definition) is 0. The van der Waals surface area contributed by atoms with Crippen molar-refractivity contribution in [3.63, 3.8) is 0 Å². The molecule has 1 saturated heterocycles. The summed E-state index contributed by atoms with van der Waals surface area (Å²) in [5, 5.41) is 1.15. The summed E-state index contributed by atoms with van der Waals surface area (Å²) in [5.41, 5.74) is 1.25. The van der Waals surface area contributed by atoms with Gasteiger partial charge in [-0.15, -0.1) is 11.3 Å². The first-order valence-electron chi connectivity index (χ1n) is 7.49. The van der Waals surface area contributed by atoms with Gasteiger partial charge in [0.15, 0.2) is 0 Å². The largest absolute Gasteiger partial charge is 0.450 e. The Labute approximate surface area is 133 Å². The fraction of sp³-hybridized carbons (Fsp3) is 0.533. The fourth-order valence-electron chi connectivity index (χ4n) is 2.72. The zero-order chi connectivity index (χ0) is 15.7. The maximum absolute atomic E-state index is 11.8. The van der Waals surface area contributed by atoms with E-state index < -0.39 is 0 Å². The highest BCUT2D eigenvalue weighted by atomic mass is 32.1. The molecule has 0 aliphatic carbocycles. The first-order chi connectivity index (χ1) is 10.6. The zero-order valence-electron chi connectivity index (χ0n) is 13.1. The molecule has 2 aromatic heterocycles. The maximum Gasteiger partial charge on any atom is 0.409 e. The predicted octanol–water partition coefficient (Wildman–Crippen LogP) is 2.59. The quantitative estimate of drug-likeness (QED) is 0.851. The Hall–Kier alpha value is -1.89. The Kier molecular flexibility index (Phi) is 4.15. The van der Waals surface area contributed by atoms with Crippen molar-refractivity contribution in [1.82, 2.24) is 14.9 Å². The molecule has 0 unspecified atom stereocenters. The number of thiophene rings is 1. The second kappa shape index (κ2) is 6.08. The lowest BCUT2D eigenvalue weighted by molar-refractivity contribution is 0.105. The molecular formula is C15H20N4O2S. The van der Waals surface area contributed by atoms with Crippen molar-refractivity contribution in [2.45, 2.75) is 20.8 Å². The second-order valence-corrected chi connectivity index (χ2v) is 6.54. The van der Waals surface area contributed by atoms with Crippen LogP contribution >= 0.6 is 11.3 Å². The summed E-state index contributed by atoms with van der Waals surface area (Å²) < 4.78 is 5.06. The third-order valence-corrected chi connectivity index (χ3v) is 5.17. The molecule has 7 heteroatoms. The molecule has 0 atom stereocenters. The first kappa shape index (κ1) is 15.0. The van der Waals surface area contributed by atoms with Crippen LogP contribution in [0.25, 0.3) is 10.2 Å². The number of anilines is 1. The molecule has 1 aliphatic rings. The number of aromatic nitrogens is 2. The molecule has 118 valence electrons. The molecule has 3 heterocycles. The highest BCUT2D eigenvalue weighted by Gasteiger charge is 2.24. The van der Waals surface area contributed by atoms with Gasteiger partial charge in [-0.2, -0.15) is 0 Å². The van der Waals surface area contributed by atoms with Gasteiger partial charge in [-0.3, -0.25) is 0 Å². The van der Waals surface area contributed by atoms with Gasteiger partial charge in [0, 0.05) is 31.1 Å². The summed E-state index contributed by atoms with van der Waals surface area (Å²) in [5.74, 6) is 0.982. The highest BCUT2D eigenvalue weighted by molar-refractivity contribution is 7.18. The van der Waals surface area contributed by atoms with Crippen molar-refractivity contribution in [3.05, 3.63) is 16.8 Å². The number of fused-ring (bicyclic) bond motifs is 1. The van der Waals surface area contributed by atoms with Crippen LogP contribution in [0.5, 0.6) is 0 Å². The minimum Gasteiger partial charge on any atom is -0.450 e. The van der Waals surface area contributed by atoms with Gasteiger partial charge in [0.2, 0.25) is 0 Å². The number of nitrogens with zero attached hydrogens (tertiary/aromatic N) is 4. The molecule has 0 bridgehead atoms. The van der Waals surface area contributed by atoms with Crippen LogP contribution in [-0.4, -0.2) is 53.7 Å². The number of aryl methyl sites for hydroxylation is 2. The number of amides is 1. The van der Waals surface area contributed by atoms with Gasteiger partial charge >= 0.3 is 6.09 Å². The molecule has 1 fully saturated rings. The average Bonchev–Trinajstić information content (AvgIpc) is 2.83. The molecule has 0 spiro atoms. The van der Waals surface area contributed by atoms with Gasteiger partial charge in [-0.1, -0.05) is 0 Å². The van der Waals surface area contributed by atoms with Crippen molar-refractivity contribution in [1.29, 1.82) is 0 Å². The maximum atomic E-state index is 11.8. The standard InChI is InChI=1S/C15H20N4O2S/c1-4-21-15(20)19-7-5-18(6-8-19)13-12-10(2)11(3)22-14(12)17-9-16-13/h9H,4-8H2,1-3H3. The molecule has 0 radical (unpaired) electrons. The van der Waals surface area contributed by atoms with Crippen molar-refractivity contribution in [3.8, 4) is 0 Å². The SMILES string of the molecule is CCOC(=O)N1CCN(c2ncnc3sc(C)c(C)c23)CC1. The van der Waals surface area contributed by atoms with Gasteiger partial charge < -0.3 is 14.5 Å². The minimum absolute atomic E-state index is 0.224. The van der Waals surface area contributed by atoms with Crippen molar-refractivity contribution in [2.24, 2.45) is 0 Å². The Balaban J connectivity index is 1.81. The lowest BCUT2D eigenvalue weighted by Crippen LogP contribution is -2.49. The van der Waals surface area contributed by atoms with E-state index >= 15 is 0 Å². The van der Waals surface area contributed by atoms with Crippen LogP contribution < -0.4 is 4.90 Å². The zero-order valence-corrected chi connectivity index (χ0v) is 13.9. The topological polar surface area (TPSA) is 58.6 Å². The molecule has 0 saturated carbocycles. The summed E-state index contributed by atoms with van der Waals surface area (Å²) in [6.45, 7) is 9.32. The summed E-state index contributed by atoms with van der Waals surface area (Å²) in [6.07, 6.45) is 1.41. The van der Waals surface area contributed by atoms with E-state index in [2.05, 4.69) is 28.7 Å². The Morgan fingerprint density at radius 1 is 1.27 bits per heavy atom. The summed E-state index contributed by atoms with van der Waals surface area (Å²) in [6, 6.07) is 0. The number of carbonyl (C=O) groups is 1. The third kappa shape index (κ3) is 2.61. The van der Waals surface area contributed by atoms with Crippen molar-refractivity contribution < 1.29 is 9.53 Å². The Morgan fingerprint density at radius 2 is 2.00 bits per heavy atom. The molecule has 1 aliphatic heterocycles. The van der Waals surface area contributed by atoms with Crippen molar-refractivity contribution >= 4 is 33.5 Å². The summed E-state index contributed by atoms with van der Waals surface area (Å²) in [4.78, 5) is 27.0. The number of hydrogen-bond acceptors (Lipinski definition) is 6. The van der Waals surface area contributed by atoms with Crippen LogP contribution in [0, 0.1) is 13.8 Å². The van der Waals surface area contributed by atoms with Gasteiger partial charge in [0.1, 0.15) is 17.0 Å². The van der Waals surface area contributed by atoms with E-state index in [0.717, 1.165) is 29.1 Å². The highest BCUT2D eigenvalue weighted by Crippen LogP contribution is 2.34. The van der Waals surface area contributed by atoms with Crippen LogP contribution in [-0.2, 0) is 4.74 Å².